The fraction of sp³-hybridized carbons (Fsp3) is 0.273. The number of rotatable bonds is 3. The van der Waals surface area contributed by atoms with Crippen molar-refractivity contribution < 1.29 is 0 Å². The number of hydrogen-bond donors (Lipinski definition) is 1. The van der Waals surface area contributed by atoms with Crippen molar-refractivity contribution >= 4 is 0 Å². The van der Waals surface area contributed by atoms with Crippen LogP contribution in [0, 0.1) is 6.92 Å². The molecule has 1 N–H and O–H groups in total. The van der Waals surface area contributed by atoms with Gasteiger partial charge in [-0.2, -0.15) is 0 Å². The third kappa shape index (κ3) is 2.38. The summed E-state index contributed by atoms with van der Waals surface area (Å²) >= 11 is 0. The maximum absolute atomic E-state index is 4.01. The van der Waals surface area contributed by atoms with Gasteiger partial charge in [-0.25, -0.2) is 0 Å². The lowest BCUT2D eigenvalue weighted by Crippen LogP contribution is -2.05. The molecule has 82 valence electrons. The molecule has 0 fully saturated rings. The lowest BCUT2D eigenvalue weighted by molar-refractivity contribution is 0.809. The Morgan fingerprint density at radius 1 is 1.12 bits per heavy atom. The monoisotopic (exact) mass is 215 g/mol. The summed E-state index contributed by atoms with van der Waals surface area (Å²) in [6.45, 7) is 2.59. The van der Waals surface area contributed by atoms with Crippen molar-refractivity contribution in [3.8, 4) is 11.4 Å². The van der Waals surface area contributed by atoms with Gasteiger partial charge < -0.3 is 5.32 Å². The first-order valence-corrected chi connectivity index (χ1v) is 5.07. The van der Waals surface area contributed by atoms with Gasteiger partial charge in [0.25, 0.3) is 0 Å². The van der Waals surface area contributed by atoms with E-state index in [-0.39, 0.29) is 0 Å². The zero-order valence-corrected chi connectivity index (χ0v) is 9.31. The molecule has 1 heterocycles. The second-order valence-corrected chi connectivity index (χ2v) is 3.50. The summed E-state index contributed by atoms with van der Waals surface area (Å²) in [4.78, 5) is 0. The number of hydrogen-bond acceptors (Lipinski definition) is 5. The Morgan fingerprint density at radius 2 is 1.88 bits per heavy atom. The third-order valence-corrected chi connectivity index (χ3v) is 2.14. The normalized spacial score (nSPS) is 10.4. The minimum atomic E-state index is 0.559. The van der Waals surface area contributed by atoms with Crippen molar-refractivity contribution in [1.82, 2.24) is 25.7 Å². The Hall–Kier alpha value is -1.88. The molecule has 0 aliphatic carbocycles. The molecule has 1 aromatic carbocycles. The lowest BCUT2D eigenvalue weighted by Gasteiger charge is -2.02. The predicted octanol–water partition coefficient (Wildman–Crippen LogP) is 0.961. The summed E-state index contributed by atoms with van der Waals surface area (Å²) in [7, 11) is 1.91. The van der Waals surface area contributed by atoms with Gasteiger partial charge in [-0.3, -0.25) is 0 Å². The van der Waals surface area contributed by atoms with Crippen molar-refractivity contribution in [3.63, 3.8) is 0 Å². The highest BCUT2D eigenvalue weighted by molar-refractivity contribution is 5.54. The van der Waals surface area contributed by atoms with Crippen molar-refractivity contribution in [3.05, 3.63) is 35.7 Å². The maximum atomic E-state index is 4.01. The van der Waals surface area contributed by atoms with E-state index in [1.165, 1.54) is 5.56 Å². The van der Waals surface area contributed by atoms with Crippen LogP contribution in [-0.2, 0) is 6.54 Å². The quantitative estimate of drug-likeness (QED) is 0.826. The molecule has 0 aliphatic rings. The smallest absolute Gasteiger partial charge is 0.203 e. The molecule has 2 rings (SSSR count). The molecule has 0 amide bonds. The summed E-state index contributed by atoms with van der Waals surface area (Å²) in [6.07, 6.45) is 0. The molecule has 0 atom stereocenters. The van der Waals surface area contributed by atoms with E-state index in [1.54, 1.807) is 6.92 Å². The Morgan fingerprint density at radius 3 is 2.56 bits per heavy atom. The van der Waals surface area contributed by atoms with Crippen LogP contribution in [0.4, 0.5) is 0 Å². The average molecular weight is 215 g/mol. The first-order valence-electron chi connectivity index (χ1n) is 5.07. The van der Waals surface area contributed by atoms with Gasteiger partial charge in [0.2, 0.25) is 5.82 Å². The highest BCUT2D eigenvalue weighted by atomic mass is 15.3. The summed E-state index contributed by atoms with van der Waals surface area (Å²) in [5, 5.41) is 18.9. The van der Waals surface area contributed by atoms with E-state index in [4.69, 9.17) is 0 Å². The molecule has 0 saturated heterocycles. The fourth-order valence-electron chi connectivity index (χ4n) is 1.42. The molecule has 2 aromatic rings. The minimum absolute atomic E-state index is 0.559. The first-order chi connectivity index (χ1) is 7.79. The van der Waals surface area contributed by atoms with E-state index in [1.807, 2.05) is 25.2 Å². The zero-order valence-electron chi connectivity index (χ0n) is 9.31. The van der Waals surface area contributed by atoms with Gasteiger partial charge in [0.05, 0.1) is 0 Å². The van der Waals surface area contributed by atoms with Gasteiger partial charge in [-0.05, 0) is 25.6 Å². The molecule has 5 nitrogen and oxygen atoms in total. The number of benzene rings is 1. The standard InChI is InChI=1S/C11H13N5/c1-8-13-15-11(16-14-8)10-5-3-4-9(6-10)7-12-2/h3-6,12H,7H2,1-2H3. The van der Waals surface area contributed by atoms with E-state index in [0.717, 1.165) is 12.1 Å². The van der Waals surface area contributed by atoms with E-state index < -0.39 is 0 Å². The van der Waals surface area contributed by atoms with Gasteiger partial charge in [0.1, 0.15) is 0 Å². The van der Waals surface area contributed by atoms with E-state index >= 15 is 0 Å². The predicted molar refractivity (Wildman–Crippen MR) is 60.6 cm³/mol. The van der Waals surface area contributed by atoms with Gasteiger partial charge in [-0.15, -0.1) is 20.4 Å². The largest absolute Gasteiger partial charge is 0.316 e. The van der Waals surface area contributed by atoms with Crippen LogP contribution in [0.25, 0.3) is 11.4 Å². The van der Waals surface area contributed by atoms with E-state index in [0.29, 0.717) is 11.6 Å². The van der Waals surface area contributed by atoms with Crippen LogP contribution in [0.5, 0.6) is 0 Å². The Balaban J connectivity index is 2.32. The van der Waals surface area contributed by atoms with Gasteiger partial charge in [0, 0.05) is 12.1 Å². The molecular weight excluding hydrogens is 202 g/mol. The van der Waals surface area contributed by atoms with Crippen LogP contribution in [-0.4, -0.2) is 27.4 Å². The van der Waals surface area contributed by atoms with Gasteiger partial charge >= 0.3 is 0 Å². The topological polar surface area (TPSA) is 63.6 Å². The van der Waals surface area contributed by atoms with E-state index in [2.05, 4.69) is 31.8 Å². The maximum Gasteiger partial charge on any atom is 0.203 e. The minimum Gasteiger partial charge on any atom is -0.316 e. The average Bonchev–Trinajstić information content (AvgIpc) is 2.31. The van der Waals surface area contributed by atoms with Crippen molar-refractivity contribution in [2.45, 2.75) is 13.5 Å². The van der Waals surface area contributed by atoms with Crippen LogP contribution < -0.4 is 5.32 Å². The van der Waals surface area contributed by atoms with Gasteiger partial charge in [0.15, 0.2) is 5.82 Å². The second-order valence-electron chi connectivity index (χ2n) is 3.50. The van der Waals surface area contributed by atoms with Crippen molar-refractivity contribution in [2.75, 3.05) is 7.05 Å². The molecular formula is C11H13N5. The fourth-order valence-corrected chi connectivity index (χ4v) is 1.42. The van der Waals surface area contributed by atoms with Crippen LogP contribution in [0.3, 0.4) is 0 Å². The van der Waals surface area contributed by atoms with Gasteiger partial charge in [-0.1, -0.05) is 18.2 Å². The van der Waals surface area contributed by atoms with Crippen LogP contribution in [0.15, 0.2) is 24.3 Å². The molecule has 0 radical (unpaired) electrons. The number of nitrogens with one attached hydrogen (secondary N) is 1. The molecule has 1 aromatic heterocycles. The number of nitrogens with zero attached hydrogens (tertiary/aromatic N) is 4. The Kier molecular flexibility index (Phi) is 3.16. The molecule has 0 spiro atoms. The summed E-state index contributed by atoms with van der Waals surface area (Å²) in [5.74, 6) is 1.14. The van der Waals surface area contributed by atoms with E-state index in [9.17, 15) is 0 Å². The molecule has 0 saturated carbocycles. The Bertz CT molecular complexity index is 466. The molecule has 0 aliphatic heterocycles. The number of aromatic nitrogens is 4. The van der Waals surface area contributed by atoms with Crippen LogP contribution in [0.1, 0.15) is 11.4 Å². The second kappa shape index (κ2) is 4.76. The highest BCUT2D eigenvalue weighted by Crippen LogP contribution is 2.14. The molecule has 16 heavy (non-hydrogen) atoms. The lowest BCUT2D eigenvalue weighted by atomic mass is 10.1. The Labute approximate surface area is 93.9 Å². The molecule has 0 bridgehead atoms. The highest BCUT2D eigenvalue weighted by Gasteiger charge is 2.03. The summed E-state index contributed by atoms with van der Waals surface area (Å²) in [6, 6.07) is 8.01. The van der Waals surface area contributed by atoms with Crippen molar-refractivity contribution in [2.24, 2.45) is 0 Å². The first kappa shape index (κ1) is 10.6. The van der Waals surface area contributed by atoms with Crippen molar-refractivity contribution in [1.29, 1.82) is 0 Å². The molecule has 0 unspecified atom stereocenters. The van der Waals surface area contributed by atoms with Crippen LogP contribution in [0.2, 0.25) is 0 Å². The SMILES string of the molecule is CNCc1cccc(-c2nnc(C)nn2)c1. The third-order valence-electron chi connectivity index (χ3n) is 2.14. The summed E-state index contributed by atoms with van der Waals surface area (Å²) in [5.41, 5.74) is 2.12. The molecule has 5 heteroatoms. The van der Waals surface area contributed by atoms with Crippen LogP contribution >= 0.6 is 0 Å². The summed E-state index contributed by atoms with van der Waals surface area (Å²) < 4.78 is 0. The zero-order chi connectivity index (χ0) is 11.4. The number of aryl methyl sites for hydroxylation is 1.